The summed E-state index contributed by atoms with van der Waals surface area (Å²) in [5.74, 6) is 0.0813. The molecule has 1 fully saturated rings. The highest BCUT2D eigenvalue weighted by Gasteiger charge is 2.25. The van der Waals surface area contributed by atoms with Crippen molar-refractivity contribution >= 4 is 33.1 Å². The lowest BCUT2D eigenvalue weighted by Gasteiger charge is -2.26. The van der Waals surface area contributed by atoms with E-state index < -0.39 is 0 Å². The van der Waals surface area contributed by atoms with Crippen molar-refractivity contribution in [2.24, 2.45) is 7.05 Å². The zero-order valence-electron chi connectivity index (χ0n) is 11.3. The third-order valence-electron chi connectivity index (χ3n) is 3.72. The topological polar surface area (TPSA) is 64.2 Å². The number of rotatable bonds is 1. The number of aryl methyl sites for hydroxylation is 2. The van der Waals surface area contributed by atoms with Gasteiger partial charge >= 0.3 is 0 Å². The third kappa shape index (κ3) is 1.90. The van der Waals surface area contributed by atoms with Crippen LogP contribution in [-0.2, 0) is 7.05 Å². The van der Waals surface area contributed by atoms with Crippen molar-refractivity contribution in [3.8, 4) is 0 Å². The zero-order chi connectivity index (χ0) is 13.6. The van der Waals surface area contributed by atoms with E-state index in [9.17, 15) is 4.79 Å². The molecule has 2 N–H and O–H groups in total. The molecule has 2 aromatic rings. The van der Waals surface area contributed by atoms with Crippen molar-refractivity contribution in [2.75, 3.05) is 18.8 Å². The van der Waals surface area contributed by atoms with Crippen molar-refractivity contribution in [1.82, 2.24) is 14.7 Å². The maximum Gasteiger partial charge on any atom is 0.266 e. The SMILES string of the molecule is Cc1nn(C)c2sc(C(=O)N3CCCCC3)c(N)c12. The molecule has 2 aromatic heterocycles. The maximum absolute atomic E-state index is 12.5. The van der Waals surface area contributed by atoms with Gasteiger partial charge in [-0.3, -0.25) is 9.48 Å². The monoisotopic (exact) mass is 278 g/mol. The van der Waals surface area contributed by atoms with Crippen LogP contribution in [0.25, 0.3) is 10.2 Å². The number of amides is 1. The summed E-state index contributed by atoms with van der Waals surface area (Å²) in [6.07, 6.45) is 3.41. The normalized spacial score (nSPS) is 16.2. The highest BCUT2D eigenvalue weighted by molar-refractivity contribution is 7.21. The summed E-state index contributed by atoms with van der Waals surface area (Å²) >= 11 is 1.46. The zero-order valence-corrected chi connectivity index (χ0v) is 12.1. The second kappa shape index (κ2) is 4.52. The number of carbonyl (C=O) groups excluding carboxylic acids is 1. The summed E-state index contributed by atoms with van der Waals surface area (Å²) in [6.45, 7) is 3.63. The Morgan fingerprint density at radius 3 is 2.63 bits per heavy atom. The minimum absolute atomic E-state index is 0.0813. The molecule has 0 bridgehead atoms. The molecule has 1 aliphatic rings. The molecule has 1 aliphatic heterocycles. The van der Waals surface area contributed by atoms with Gasteiger partial charge in [-0.1, -0.05) is 0 Å². The molecular weight excluding hydrogens is 260 g/mol. The number of anilines is 1. The summed E-state index contributed by atoms with van der Waals surface area (Å²) in [6, 6.07) is 0. The summed E-state index contributed by atoms with van der Waals surface area (Å²) < 4.78 is 1.80. The van der Waals surface area contributed by atoms with Crippen molar-refractivity contribution in [3.05, 3.63) is 10.6 Å². The Bertz CT molecular complexity index is 637. The second-order valence-corrected chi connectivity index (χ2v) is 6.09. The number of hydrogen-bond donors (Lipinski definition) is 1. The Morgan fingerprint density at radius 1 is 1.32 bits per heavy atom. The first kappa shape index (κ1) is 12.5. The minimum atomic E-state index is 0.0813. The van der Waals surface area contributed by atoms with Gasteiger partial charge < -0.3 is 10.6 Å². The molecule has 0 aromatic carbocycles. The highest BCUT2D eigenvalue weighted by Crippen LogP contribution is 2.36. The predicted molar refractivity (Wildman–Crippen MR) is 77.5 cm³/mol. The first-order valence-electron chi connectivity index (χ1n) is 6.60. The van der Waals surface area contributed by atoms with Gasteiger partial charge in [-0.2, -0.15) is 5.10 Å². The molecule has 19 heavy (non-hydrogen) atoms. The molecule has 0 radical (unpaired) electrons. The van der Waals surface area contributed by atoms with Crippen LogP contribution in [0.2, 0.25) is 0 Å². The van der Waals surface area contributed by atoms with Crippen LogP contribution in [0, 0.1) is 6.92 Å². The number of nitrogen functional groups attached to an aromatic ring is 1. The smallest absolute Gasteiger partial charge is 0.266 e. The molecule has 0 atom stereocenters. The Morgan fingerprint density at radius 2 is 2.00 bits per heavy atom. The average molecular weight is 278 g/mol. The van der Waals surface area contributed by atoms with Crippen LogP contribution in [0.3, 0.4) is 0 Å². The quantitative estimate of drug-likeness (QED) is 0.869. The van der Waals surface area contributed by atoms with Crippen molar-refractivity contribution in [2.45, 2.75) is 26.2 Å². The fourth-order valence-corrected chi connectivity index (χ4v) is 3.88. The van der Waals surface area contributed by atoms with E-state index in [4.69, 9.17) is 5.73 Å². The van der Waals surface area contributed by atoms with Crippen LogP contribution >= 0.6 is 11.3 Å². The molecule has 1 saturated heterocycles. The van der Waals surface area contributed by atoms with Gasteiger partial charge in [0.15, 0.2) is 0 Å². The van der Waals surface area contributed by atoms with Gasteiger partial charge in [0.1, 0.15) is 9.71 Å². The number of likely N-dealkylation sites (tertiary alicyclic amines) is 1. The van der Waals surface area contributed by atoms with Gasteiger partial charge in [-0.25, -0.2) is 0 Å². The van der Waals surface area contributed by atoms with E-state index in [0.717, 1.165) is 41.8 Å². The van der Waals surface area contributed by atoms with E-state index in [1.807, 2.05) is 18.9 Å². The summed E-state index contributed by atoms with van der Waals surface area (Å²) in [4.78, 5) is 16.1. The van der Waals surface area contributed by atoms with E-state index in [1.165, 1.54) is 17.8 Å². The van der Waals surface area contributed by atoms with Crippen LogP contribution in [-0.4, -0.2) is 33.7 Å². The number of aromatic nitrogens is 2. The second-order valence-electron chi connectivity index (χ2n) is 5.09. The van der Waals surface area contributed by atoms with Gasteiger partial charge in [0, 0.05) is 20.1 Å². The molecule has 0 spiro atoms. The van der Waals surface area contributed by atoms with Crippen molar-refractivity contribution in [1.29, 1.82) is 0 Å². The van der Waals surface area contributed by atoms with Crippen molar-refractivity contribution in [3.63, 3.8) is 0 Å². The van der Waals surface area contributed by atoms with E-state index >= 15 is 0 Å². The Labute approximate surface area is 116 Å². The van der Waals surface area contributed by atoms with Crippen LogP contribution in [0.4, 0.5) is 5.69 Å². The molecule has 5 nitrogen and oxygen atoms in total. The lowest BCUT2D eigenvalue weighted by Crippen LogP contribution is -2.35. The Kier molecular flexibility index (Phi) is 2.97. The number of nitrogens with zero attached hydrogens (tertiary/aromatic N) is 3. The molecule has 1 amide bonds. The first-order valence-corrected chi connectivity index (χ1v) is 7.42. The average Bonchev–Trinajstić information content (AvgIpc) is 2.89. The molecule has 6 heteroatoms. The summed E-state index contributed by atoms with van der Waals surface area (Å²) in [7, 11) is 1.89. The molecule has 102 valence electrons. The molecule has 3 heterocycles. The third-order valence-corrected chi connectivity index (χ3v) is 4.98. The van der Waals surface area contributed by atoms with Crippen LogP contribution in [0.15, 0.2) is 0 Å². The van der Waals surface area contributed by atoms with Crippen LogP contribution in [0.5, 0.6) is 0 Å². The van der Waals surface area contributed by atoms with Crippen LogP contribution < -0.4 is 5.73 Å². The number of hydrogen-bond acceptors (Lipinski definition) is 4. The Balaban J connectivity index is 2.02. The molecular formula is C13H18N4OS. The van der Waals surface area contributed by atoms with Gasteiger partial charge in [0.25, 0.3) is 5.91 Å². The molecule has 0 saturated carbocycles. The lowest BCUT2D eigenvalue weighted by atomic mass is 10.1. The fourth-order valence-electron chi connectivity index (χ4n) is 2.73. The highest BCUT2D eigenvalue weighted by atomic mass is 32.1. The lowest BCUT2D eigenvalue weighted by molar-refractivity contribution is 0.0730. The first-order chi connectivity index (χ1) is 9.09. The fraction of sp³-hybridized carbons (Fsp3) is 0.538. The van der Waals surface area contributed by atoms with Gasteiger partial charge in [0.2, 0.25) is 0 Å². The molecule has 0 aliphatic carbocycles. The number of piperidine rings is 1. The summed E-state index contributed by atoms with van der Waals surface area (Å²) in [5.41, 5.74) is 7.66. The maximum atomic E-state index is 12.5. The number of nitrogens with two attached hydrogens (primary N) is 1. The van der Waals surface area contributed by atoms with Crippen molar-refractivity contribution < 1.29 is 4.79 Å². The minimum Gasteiger partial charge on any atom is -0.397 e. The van der Waals surface area contributed by atoms with E-state index in [-0.39, 0.29) is 5.91 Å². The standard InChI is InChI=1S/C13H18N4OS/c1-8-9-10(14)11(19-13(9)16(2)15-8)12(18)17-6-4-3-5-7-17/h3-7,14H2,1-2H3. The largest absolute Gasteiger partial charge is 0.397 e. The van der Waals surface area contributed by atoms with E-state index in [1.54, 1.807) is 4.68 Å². The van der Waals surface area contributed by atoms with Crippen LogP contribution in [0.1, 0.15) is 34.6 Å². The predicted octanol–water partition coefficient (Wildman–Crippen LogP) is 2.15. The number of carbonyl (C=O) groups is 1. The summed E-state index contributed by atoms with van der Waals surface area (Å²) in [5, 5.41) is 5.28. The van der Waals surface area contributed by atoms with E-state index in [0.29, 0.717) is 10.6 Å². The van der Waals surface area contributed by atoms with Gasteiger partial charge in [-0.05, 0) is 26.2 Å². The van der Waals surface area contributed by atoms with Gasteiger partial charge in [0.05, 0.1) is 16.8 Å². The van der Waals surface area contributed by atoms with Gasteiger partial charge in [-0.15, -0.1) is 11.3 Å². The molecule has 0 unspecified atom stereocenters. The number of fused-ring (bicyclic) bond motifs is 1. The number of thiophene rings is 1. The molecule has 3 rings (SSSR count). The Hall–Kier alpha value is -1.56. The van der Waals surface area contributed by atoms with E-state index in [2.05, 4.69) is 5.10 Å².